The van der Waals surface area contributed by atoms with Gasteiger partial charge in [0.25, 0.3) is 11.8 Å². The van der Waals surface area contributed by atoms with E-state index in [1.165, 1.54) is 20.3 Å². The van der Waals surface area contributed by atoms with Gasteiger partial charge in [0.05, 0.1) is 14.2 Å². The van der Waals surface area contributed by atoms with Crippen molar-refractivity contribution >= 4 is 23.9 Å². The van der Waals surface area contributed by atoms with E-state index >= 15 is 0 Å². The molecule has 1 aromatic rings. The van der Waals surface area contributed by atoms with Gasteiger partial charge in [-0.2, -0.15) is 0 Å². The maximum atomic E-state index is 11.8. The average Bonchev–Trinajstić information content (AvgIpc) is 2.50. The molecule has 1 aromatic carbocycles. The summed E-state index contributed by atoms with van der Waals surface area (Å²) < 4.78 is 10.6. The predicted octanol–water partition coefficient (Wildman–Crippen LogP) is 1.18. The Morgan fingerprint density at radius 1 is 1.09 bits per heavy atom. The standard InChI is InChI=1S/C16H16N2O5/c1-4-5-10-6-9(8-12(22-2)13(10)23-3)7-11-14(19)17-16(21)18-15(11)20/h4,6-8H,1,5H2,2-3H3,(H2,17,18,19,20,21). The summed E-state index contributed by atoms with van der Waals surface area (Å²) in [5.74, 6) is -0.480. The van der Waals surface area contributed by atoms with Crippen LogP contribution < -0.4 is 20.1 Å². The molecule has 7 heteroatoms. The van der Waals surface area contributed by atoms with E-state index in [9.17, 15) is 14.4 Å². The van der Waals surface area contributed by atoms with Crippen LogP contribution in [0.4, 0.5) is 4.79 Å². The fourth-order valence-corrected chi connectivity index (χ4v) is 2.23. The number of imide groups is 2. The number of hydrogen-bond acceptors (Lipinski definition) is 5. The summed E-state index contributed by atoms with van der Waals surface area (Å²) in [7, 11) is 3.02. The fourth-order valence-electron chi connectivity index (χ4n) is 2.23. The maximum Gasteiger partial charge on any atom is 0.328 e. The number of benzene rings is 1. The van der Waals surface area contributed by atoms with E-state index in [-0.39, 0.29) is 5.57 Å². The van der Waals surface area contributed by atoms with E-state index in [2.05, 4.69) is 6.58 Å². The largest absolute Gasteiger partial charge is 0.493 e. The highest BCUT2D eigenvalue weighted by Gasteiger charge is 2.27. The Balaban J connectivity index is 2.50. The Bertz CT molecular complexity index is 699. The van der Waals surface area contributed by atoms with Crippen molar-refractivity contribution in [2.24, 2.45) is 0 Å². The van der Waals surface area contributed by atoms with Crippen molar-refractivity contribution in [2.75, 3.05) is 14.2 Å². The monoisotopic (exact) mass is 316 g/mol. The number of nitrogens with one attached hydrogen (secondary N) is 2. The third kappa shape index (κ3) is 3.39. The maximum absolute atomic E-state index is 11.8. The highest BCUT2D eigenvalue weighted by atomic mass is 16.5. The summed E-state index contributed by atoms with van der Waals surface area (Å²) in [4.78, 5) is 34.6. The van der Waals surface area contributed by atoms with Crippen LogP contribution in [-0.4, -0.2) is 32.1 Å². The molecule has 0 saturated carbocycles. The number of carbonyl (C=O) groups excluding carboxylic acids is 3. The lowest BCUT2D eigenvalue weighted by molar-refractivity contribution is -0.123. The van der Waals surface area contributed by atoms with Crippen molar-refractivity contribution in [3.8, 4) is 11.5 Å². The Morgan fingerprint density at radius 3 is 2.26 bits per heavy atom. The summed E-state index contributed by atoms with van der Waals surface area (Å²) in [6.07, 6.45) is 3.60. The molecule has 0 aromatic heterocycles. The molecule has 1 aliphatic rings. The molecule has 0 spiro atoms. The smallest absolute Gasteiger partial charge is 0.328 e. The second-order valence-electron chi connectivity index (χ2n) is 4.70. The third-order valence-electron chi connectivity index (χ3n) is 3.20. The summed E-state index contributed by atoms with van der Waals surface area (Å²) in [5, 5.41) is 4.04. The minimum Gasteiger partial charge on any atom is -0.493 e. The van der Waals surface area contributed by atoms with Gasteiger partial charge in [0.1, 0.15) is 5.57 Å². The molecule has 4 amide bonds. The van der Waals surface area contributed by atoms with Crippen LogP contribution in [-0.2, 0) is 16.0 Å². The van der Waals surface area contributed by atoms with Crippen LogP contribution in [0.15, 0.2) is 30.4 Å². The van der Waals surface area contributed by atoms with Gasteiger partial charge in [-0.3, -0.25) is 20.2 Å². The lowest BCUT2D eigenvalue weighted by Crippen LogP contribution is -2.51. The van der Waals surface area contributed by atoms with E-state index < -0.39 is 17.8 Å². The van der Waals surface area contributed by atoms with Gasteiger partial charge in [-0.05, 0) is 30.2 Å². The summed E-state index contributed by atoms with van der Waals surface area (Å²) in [6, 6.07) is 2.56. The number of rotatable bonds is 5. The minimum absolute atomic E-state index is 0.165. The zero-order chi connectivity index (χ0) is 17.0. The van der Waals surface area contributed by atoms with Crippen LogP contribution in [0.2, 0.25) is 0 Å². The molecule has 0 aliphatic carbocycles. The Hall–Kier alpha value is -3.09. The van der Waals surface area contributed by atoms with Crippen molar-refractivity contribution in [3.63, 3.8) is 0 Å². The zero-order valence-corrected chi connectivity index (χ0v) is 12.8. The van der Waals surface area contributed by atoms with E-state index in [4.69, 9.17) is 9.47 Å². The van der Waals surface area contributed by atoms with Gasteiger partial charge >= 0.3 is 6.03 Å². The predicted molar refractivity (Wildman–Crippen MR) is 83.1 cm³/mol. The quantitative estimate of drug-likeness (QED) is 0.483. The molecule has 1 aliphatic heterocycles. The minimum atomic E-state index is -0.836. The second-order valence-corrected chi connectivity index (χ2v) is 4.70. The number of amides is 4. The fraction of sp³-hybridized carbons (Fsp3) is 0.188. The topological polar surface area (TPSA) is 93.7 Å². The molecule has 1 heterocycles. The number of carbonyl (C=O) groups is 3. The van der Waals surface area contributed by atoms with Crippen molar-refractivity contribution in [3.05, 3.63) is 41.5 Å². The molecule has 7 nitrogen and oxygen atoms in total. The number of hydrogen-bond donors (Lipinski definition) is 2. The van der Waals surface area contributed by atoms with Crippen LogP contribution >= 0.6 is 0 Å². The molecule has 0 bridgehead atoms. The molecule has 1 fully saturated rings. The summed E-state index contributed by atoms with van der Waals surface area (Å²) >= 11 is 0. The van der Waals surface area contributed by atoms with Crippen molar-refractivity contribution in [1.29, 1.82) is 0 Å². The molecule has 120 valence electrons. The third-order valence-corrected chi connectivity index (χ3v) is 3.20. The summed E-state index contributed by atoms with van der Waals surface area (Å²) in [6.45, 7) is 3.69. The van der Waals surface area contributed by atoms with Gasteiger partial charge < -0.3 is 9.47 Å². The van der Waals surface area contributed by atoms with Crippen LogP contribution in [0.3, 0.4) is 0 Å². The van der Waals surface area contributed by atoms with Crippen molar-refractivity contribution in [2.45, 2.75) is 6.42 Å². The molecule has 23 heavy (non-hydrogen) atoms. The molecule has 1 saturated heterocycles. The number of ether oxygens (including phenoxy) is 2. The zero-order valence-electron chi connectivity index (χ0n) is 12.8. The first-order valence-corrected chi connectivity index (χ1v) is 6.74. The van der Waals surface area contributed by atoms with E-state index in [0.29, 0.717) is 23.5 Å². The van der Waals surface area contributed by atoms with Crippen LogP contribution in [0.1, 0.15) is 11.1 Å². The number of methoxy groups -OCH3 is 2. The first kappa shape index (κ1) is 16.3. The molecule has 2 N–H and O–H groups in total. The van der Waals surface area contributed by atoms with E-state index in [1.54, 1.807) is 18.2 Å². The number of allylic oxidation sites excluding steroid dienone is 1. The molecular weight excluding hydrogens is 300 g/mol. The average molecular weight is 316 g/mol. The SMILES string of the molecule is C=CCc1cc(C=C2C(=O)NC(=O)NC2=O)cc(OC)c1OC. The number of barbiturate groups is 1. The van der Waals surface area contributed by atoms with Gasteiger partial charge in [-0.1, -0.05) is 6.08 Å². The van der Waals surface area contributed by atoms with Gasteiger partial charge in [0, 0.05) is 5.56 Å². The highest BCUT2D eigenvalue weighted by molar-refractivity contribution is 6.31. The van der Waals surface area contributed by atoms with Crippen LogP contribution in [0.5, 0.6) is 11.5 Å². The molecule has 0 radical (unpaired) electrons. The second kappa shape index (κ2) is 6.78. The van der Waals surface area contributed by atoms with Crippen LogP contribution in [0.25, 0.3) is 6.08 Å². The molecule has 2 rings (SSSR count). The van der Waals surface area contributed by atoms with E-state index in [1.807, 2.05) is 10.6 Å². The van der Waals surface area contributed by atoms with Crippen molar-refractivity contribution in [1.82, 2.24) is 10.6 Å². The van der Waals surface area contributed by atoms with Gasteiger partial charge in [-0.25, -0.2) is 4.79 Å². The first-order valence-electron chi connectivity index (χ1n) is 6.74. The normalized spacial score (nSPS) is 14.0. The Kier molecular flexibility index (Phi) is 4.80. The van der Waals surface area contributed by atoms with Gasteiger partial charge in [0.15, 0.2) is 11.5 Å². The first-order chi connectivity index (χ1) is 11.0. The Labute approximate surface area is 133 Å². The van der Waals surface area contributed by atoms with Crippen molar-refractivity contribution < 1.29 is 23.9 Å². The molecular formula is C16H16N2O5. The number of urea groups is 1. The van der Waals surface area contributed by atoms with Crippen LogP contribution in [0, 0.1) is 0 Å². The van der Waals surface area contributed by atoms with Gasteiger partial charge in [0.2, 0.25) is 0 Å². The molecule has 0 unspecified atom stereocenters. The summed E-state index contributed by atoms with van der Waals surface area (Å²) in [5.41, 5.74) is 1.19. The highest BCUT2D eigenvalue weighted by Crippen LogP contribution is 2.34. The lowest BCUT2D eigenvalue weighted by atomic mass is 10.0. The lowest BCUT2D eigenvalue weighted by Gasteiger charge is -2.16. The van der Waals surface area contributed by atoms with E-state index in [0.717, 1.165) is 5.56 Å². The molecule has 0 atom stereocenters. The van der Waals surface area contributed by atoms with Gasteiger partial charge in [-0.15, -0.1) is 6.58 Å². The Morgan fingerprint density at radius 2 is 1.74 bits per heavy atom.